The van der Waals surface area contributed by atoms with Gasteiger partial charge in [0.05, 0.1) is 11.3 Å². The highest BCUT2D eigenvalue weighted by molar-refractivity contribution is 6.31. The summed E-state index contributed by atoms with van der Waals surface area (Å²) in [4.78, 5) is 11.2. The van der Waals surface area contributed by atoms with E-state index in [0.29, 0.717) is 10.6 Å². The monoisotopic (exact) mass is 286 g/mol. The second-order valence-electron chi connectivity index (χ2n) is 3.66. The van der Waals surface area contributed by atoms with E-state index < -0.39 is 11.5 Å². The number of halogens is 1. The number of aryl methyl sites for hydroxylation is 1. The standard InChI is InChI=1S/C13H7ClN4O2/c1-7-2-9(13(19)20)11(3-10(7)14)18-12(6-17)8(4-15)5-16/h2-3,18H,1H3,(H,19,20). The summed E-state index contributed by atoms with van der Waals surface area (Å²) in [6, 6.07) is 7.40. The van der Waals surface area contributed by atoms with Crippen molar-refractivity contribution in [1.82, 2.24) is 0 Å². The molecule has 1 rings (SSSR count). The molecule has 0 aliphatic rings. The smallest absolute Gasteiger partial charge is 0.337 e. The van der Waals surface area contributed by atoms with Gasteiger partial charge >= 0.3 is 5.97 Å². The van der Waals surface area contributed by atoms with Crippen molar-refractivity contribution in [3.63, 3.8) is 0 Å². The van der Waals surface area contributed by atoms with Crippen LogP contribution in [0.3, 0.4) is 0 Å². The van der Waals surface area contributed by atoms with Crippen molar-refractivity contribution in [2.75, 3.05) is 5.32 Å². The van der Waals surface area contributed by atoms with Crippen LogP contribution in [-0.2, 0) is 0 Å². The molecule has 0 amide bonds. The number of allylic oxidation sites excluding steroid dienone is 2. The van der Waals surface area contributed by atoms with Crippen LogP contribution >= 0.6 is 11.6 Å². The number of hydrogen-bond acceptors (Lipinski definition) is 5. The molecule has 0 aliphatic heterocycles. The molecular formula is C13H7ClN4O2. The van der Waals surface area contributed by atoms with Crippen LogP contribution < -0.4 is 5.32 Å². The van der Waals surface area contributed by atoms with E-state index in [1.54, 1.807) is 25.1 Å². The molecule has 0 aromatic heterocycles. The van der Waals surface area contributed by atoms with Crippen molar-refractivity contribution < 1.29 is 9.90 Å². The molecule has 0 spiro atoms. The Kier molecular flexibility index (Phi) is 4.70. The van der Waals surface area contributed by atoms with Gasteiger partial charge in [-0.25, -0.2) is 4.79 Å². The Morgan fingerprint density at radius 2 is 1.85 bits per heavy atom. The first kappa shape index (κ1) is 15.0. The predicted octanol–water partition coefficient (Wildman–Crippen LogP) is 2.58. The molecular weight excluding hydrogens is 280 g/mol. The summed E-state index contributed by atoms with van der Waals surface area (Å²) >= 11 is 5.90. The Hall–Kier alpha value is -3.01. The maximum Gasteiger partial charge on any atom is 0.337 e. The molecule has 0 saturated carbocycles. The van der Waals surface area contributed by atoms with Crippen molar-refractivity contribution in [3.05, 3.63) is 39.6 Å². The lowest BCUT2D eigenvalue weighted by molar-refractivity contribution is 0.0698. The Bertz CT molecular complexity index is 716. The molecule has 0 heterocycles. The lowest BCUT2D eigenvalue weighted by Gasteiger charge is -2.10. The van der Waals surface area contributed by atoms with Crippen LogP contribution in [0.5, 0.6) is 0 Å². The van der Waals surface area contributed by atoms with Gasteiger partial charge in [-0.3, -0.25) is 0 Å². The molecule has 2 N–H and O–H groups in total. The Balaban J connectivity index is 3.43. The number of nitriles is 3. The average molecular weight is 287 g/mol. The third kappa shape index (κ3) is 3.05. The number of carboxylic acids is 1. The summed E-state index contributed by atoms with van der Waals surface area (Å²) in [7, 11) is 0. The number of nitrogens with zero attached hydrogens (tertiary/aromatic N) is 3. The topological polar surface area (TPSA) is 121 Å². The largest absolute Gasteiger partial charge is 0.478 e. The second kappa shape index (κ2) is 6.24. The number of hydrogen-bond donors (Lipinski definition) is 2. The van der Waals surface area contributed by atoms with E-state index in [0.717, 1.165) is 0 Å². The van der Waals surface area contributed by atoms with Gasteiger partial charge in [0.1, 0.15) is 23.9 Å². The van der Waals surface area contributed by atoms with Crippen LogP contribution in [0.15, 0.2) is 23.4 Å². The predicted molar refractivity (Wildman–Crippen MR) is 70.6 cm³/mol. The lowest BCUT2D eigenvalue weighted by atomic mass is 10.1. The first-order valence-corrected chi connectivity index (χ1v) is 5.57. The lowest BCUT2D eigenvalue weighted by Crippen LogP contribution is -2.07. The molecule has 0 atom stereocenters. The number of rotatable bonds is 3. The highest BCUT2D eigenvalue weighted by atomic mass is 35.5. The first-order chi connectivity index (χ1) is 9.44. The summed E-state index contributed by atoms with van der Waals surface area (Å²) < 4.78 is 0. The van der Waals surface area contributed by atoms with E-state index in [1.165, 1.54) is 12.1 Å². The number of benzene rings is 1. The summed E-state index contributed by atoms with van der Waals surface area (Å²) in [5, 5.41) is 38.2. The van der Waals surface area contributed by atoms with Gasteiger partial charge in [0, 0.05) is 5.02 Å². The van der Waals surface area contributed by atoms with Crippen molar-refractivity contribution in [2.24, 2.45) is 0 Å². The van der Waals surface area contributed by atoms with Crippen molar-refractivity contribution in [3.8, 4) is 18.2 Å². The van der Waals surface area contributed by atoms with Crippen LogP contribution in [0.4, 0.5) is 5.69 Å². The molecule has 0 fully saturated rings. The van der Waals surface area contributed by atoms with E-state index in [1.807, 2.05) is 0 Å². The van der Waals surface area contributed by atoms with Crippen molar-refractivity contribution >= 4 is 23.3 Å². The molecule has 98 valence electrons. The average Bonchev–Trinajstić information content (AvgIpc) is 2.42. The fourth-order valence-electron chi connectivity index (χ4n) is 1.38. The van der Waals surface area contributed by atoms with E-state index >= 15 is 0 Å². The maximum atomic E-state index is 11.2. The molecule has 1 aromatic carbocycles. The zero-order valence-corrected chi connectivity index (χ0v) is 11.0. The fraction of sp³-hybridized carbons (Fsp3) is 0.0769. The van der Waals surface area contributed by atoms with Gasteiger partial charge in [0.15, 0.2) is 5.57 Å². The van der Waals surface area contributed by atoms with Crippen molar-refractivity contribution in [1.29, 1.82) is 15.8 Å². The zero-order chi connectivity index (χ0) is 15.3. The highest BCUT2D eigenvalue weighted by Gasteiger charge is 2.15. The first-order valence-electron chi connectivity index (χ1n) is 5.19. The van der Waals surface area contributed by atoms with Crippen LogP contribution in [0.2, 0.25) is 5.02 Å². The van der Waals surface area contributed by atoms with Crippen molar-refractivity contribution in [2.45, 2.75) is 6.92 Å². The highest BCUT2D eigenvalue weighted by Crippen LogP contribution is 2.26. The third-order valence-electron chi connectivity index (χ3n) is 2.37. The summed E-state index contributed by atoms with van der Waals surface area (Å²) in [5.74, 6) is -1.22. The minimum Gasteiger partial charge on any atom is -0.478 e. The molecule has 1 aromatic rings. The molecule has 0 aliphatic carbocycles. The summed E-state index contributed by atoms with van der Waals surface area (Å²) in [6.07, 6.45) is 0. The number of anilines is 1. The van der Waals surface area contributed by atoms with Crippen LogP contribution in [-0.4, -0.2) is 11.1 Å². The maximum absolute atomic E-state index is 11.2. The zero-order valence-electron chi connectivity index (χ0n) is 10.2. The Labute approximate surface area is 119 Å². The fourth-order valence-corrected chi connectivity index (χ4v) is 1.54. The normalized spacial score (nSPS) is 8.75. The molecule has 20 heavy (non-hydrogen) atoms. The van der Waals surface area contributed by atoms with Gasteiger partial charge in [-0.2, -0.15) is 15.8 Å². The summed E-state index contributed by atoms with van der Waals surface area (Å²) in [5.41, 5.74) is -0.307. The van der Waals surface area contributed by atoms with Crippen LogP contribution in [0.1, 0.15) is 15.9 Å². The molecule has 0 saturated heterocycles. The van der Waals surface area contributed by atoms with E-state index in [-0.39, 0.29) is 16.9 Å². The number of carbonyl (C=O) groups is 1. The van der Waals surface area contributed by atoms with Gasteiger partial charge in [-0.05, 0) is 24.6 Å². The number of nitrogens with one attached hydrogen (secondary N) is 1. The van der Waals surface area contributed by atoms with E-state index in [2.05, 4.69) is 5.32 Å². The minimum atomic E-state index is -1.22. The number of aromatic carboxylic acids is 1. The molecule has 0 unspecified atom stereocenters. The van der Waals surface area contributed by atoms with Gasteiger partial charge in [0.2, 0.25) is 0 Å². The Morgan fingerprint density at radius 1 is 1.25 bits per heavy atom. The second-order valence-corrected chi connectivity index (χ2v) is 4.07. The quantitative estimate of drug-likeness (QED) is 0.824. The third-order valence-corrected chi connectivity index (χ3v) is 2.78. The van der Waals surface area contributed by atoms with Crippen LogP contribution in [0, 0.1) is 40.9 Å². The molecule has 0 radical (unpaired) electrons. The van der Waals surface area contributed by atoms with Crippen LogP contribution in [0.25, 0.3) is 0 Å². The van der Waals surface area contributed by atoms with Gasteiger partial charge in [-0.15, -0.1) is 0 Å². The number of carboxylic acid groups (broad SMARTS) is 1. The van der Waals surface area contributed by atoms with Gasteiger partial charge < -0.3 is 10.4 Å². The van der Waals surface area contributed by atoms with E-state index in [9.17, 15) is 4.79 Å². The minimum absolute atomic E-state index is 0.0349. The van der Waals surface area contributed by atoms with Gasteiger partial charge in [0.25, 0.3) is 0 Å². The molecule has 6 nitrogen and oxygen atoms in total. The summed E-state index contributed by atoms with van der Waals surface area (Å²) in [6.45, 7) is 1.63. The SMILES string of the molecule is Cc1cc(C(=O)O)c(NC(C#N)=C(C#N)C#N)cc1Cl. The van der Waals surface area contributed by atoms with Gasteiger partial charge in [-0.1, -0.05) is 11.6 Å². The molecule has 7 heteroatoms. The van der Waals surface area contributed by atoms with E-state index in [4.69, 9.17) is 32.5 Å². The molecule has 0 bridgehead atoms. The Morgan fingerprint density at radius 3 is 2.30 bits per heavy atom.